The molecule has 0 saturated carbocycles. The summed E-state index contributed by atoms with van der Waals surface area (Å²) < 4.78 is 18.5. The molecule has 0 unspecified atom stereocenters. The summed E-state index contributed by atoms with van der Waals surface area (Å²) >= 11 is 0. The molecule has 1 heterocycles. The summed E-state index contributed by atoms with van der Waals surface area (Å²) in [7, 11) is 1.40. The number of carbonyl (C=O) groups is 1. The molecule has 1 aliphatic heterocycles. The van der Waals surface area contributed by atoms with Crippen LogP contribution in [0.2, 0.25) is 0 Å². The van der Waals surface area contributed by atoms with Crippen molar-refractivity contribution in [3.63, 3.8) is 0 Å². The van der Waals surface area contributed by atoms with Crippen LogP contribution in [0.15, 0.2) is 48.5 Å². The van der Waals surface area contributed by atoms with Crippen LogP contribution in [0.3, 0.4) is 0 Å². The number of ether oxygens (including phenoxy) is 1. The third-order valence-electron chi connectivity index (χ3n) is 5.09. The molecule has 2 aromatic carbocycles. The van der Waals surface area contributed by atoms with Crippen LogP contribution in [0.25, 0.3) is 0 Å². The molecule has 150 valence electrons. The molecule has 0 bridgehead atoms. The van der Waals surface area contributed by atoms with Gasteiger partial charge in [-0.15, -0.1) is 0 Å². The Bertz CT molecular complexity index is 762. The standard InChI is InChI=1S/C22H28FN3O2/c1-28-21-10-9-18(17-20(21)23)22(27)24-11-5-6-12-25-13-15-26(16-14-25)19-7-3-2-4-8-19/h2-4,7-10,17H,5-6,11-16H2,1H3,(H,24,27). The number of halogens is 1. The number of hydrogen-bond acceptors (Lipinski definition) is 4. The third-order valence-corrected chi connectivity index (χ3v) is 5.09. The molecule has 0 radical (unpaired) electrons. The third kappa shape index (κ3) is 5.45. The van der Waals surface area contributed by atoms with Crippen LogP contribution < -0.4 is 15.0 Å². The highest BCUT2D eigenvalue weighted by Gasteiger charge is 2.16. The van der Waals surface area contributed by atoms with E-state index in [4.69, 9.17) is 4.74 Å². The Balaban J connectivity index is 1.31. The Morgan fingerprint density at radius 2 is 1.82 bits per heavy atom. The van der Waals surface area contributed by atoms with E-state index < -0.39 is 5.82 Å². The zero-order valence-corrected chi connectivity index (χ0v) is 16.4. The number of hydrogen-bond donors (Lipinski definition) is 1. The quantitative estimate of drug-likeness (QED) is 0.709. The second kappa shape index (κ2) is 10.1. The van der Waals surface area contributed by atoms with Crippen molar-refractivity contribution in [2.45, 2.75) is 12.8 Å². The van der Waals surface area contributed by atoms with Gasteiger partial charge in [-0.2, -0.15) is 0 Å². The van der Waals surface area contributed by atoms with Gasteiger partial charge in [-0.25, -0.2) is 4.39 Å². The average Bonchev–Trinajstić information content (AvgIpc) is 2.74. The topological polar surface area (TPSA) is 44.8 Å². The van der Waals surface area contributed by atoms with Crippen LogP contribution in [-0.4, -0.2) is 57.2 Å². The van der Waals surface area contributed by atoms with Gasteiger partial charge in [0.2, 0.25) is 0 Å². The summed E-state index contributed by atoms with van der Waals surface area (Å²) in [4.78, 5) is 17.0. The molecule has 6 heteroatoms. The molecule has 0 aliphatic carbocycles. The van der Waals surface area contributed by atoms with E-state index in [1.165, 1.54) is 24.9 Å². The average molecular weight is 385 g/mol. The number of carbonyl (C=O) groups excluding carboxylic acids is 1. The molecule has 28 heavy (non-hydrogen) atoms. The van der Waals surface area contributed by atoms with Crippen LogP contribution >= 0.6 is 0 Å². The molecule has 1 saturated heterocycles. The molecule has 0 aromatic heterocycles. The van der Waals surface area contributed by atoms with Crippen molar-refractivity contribution in [1.29, 1.82) is 0 Å². The molecule has 1 N–H and O–H groups in total. The van der Waals surface area contributed by atoms with Gasteiger partial charge >= 0.3 is 0 Å². The summed E-state index contributed by atoms with van der Waals surface area (Å²) in [5.41, 5.74) is 1.61. The van der Waals surface area contributed by atoms with Gasteiger partial charge in [0.15, 0.2) is 11.6 Å². The lowest BCUT2D eigenvalue weighted by Gasteiger charge is -2.36. The zero-order valence-electron chi connectivity index (χ0n) is 16.4. The van der Waals surface area contributed by atoms with Crippen LogP contribution in [-0.2, 0) is 0 Å². The van der Waals surface area contributed by atoms with Crippen molar-refractivity contribution >= 4 is 11.6 Å². The molecule has 1 fully saturated rings. The Morgan fingerprint density at radius 3 is 2.50 bits per heavy atom. The highest BCUT2D eigenvalue weighted by atomic mass is 19.1. The molecule has 5 nitrogen and oxygen atoms in total. The first-order valence-electron chi connectivity index (χ1n) is 9.81. The van der Waals surface area contributed by atoms with E-state index in [-0.39, 0.29) is 11.7 Å². The molecule has 0 spiro atoms. The summed E-state index contributed by atoms with van der Waals surface area (Å²) in [6.07, 6.45) is 1.94. The maximum atomic E-state index is 13.7. The van der Waals surface area contributed by atoms with E-state index in [0.29, 0.717) is 12.1 Å². The van der Waals surface area contributed by atoms with Crippen molar-refractivity contribution in [3.05, 3.63) is 59.9 Å². The molecule has 1 amide bonds. The van der Waals surface area contributed by atoms with Gasteiger partial charge in [0.1, 0.15) is 0 Å². The van der Waals surface area contributed by atoms with Gasteiger partial charge in [-0.05, 0) is 49.7 Å². The second-order valence-electron chi connectivity index (χ2n) is 6.98. The van der Waals surface area contributed by atoms with Crippen LogP contribution in [0.4, 0.5) is 10.1 Å². The number of unbranched alkanes of at least 4 members (excludes halogenated alkanes) is 1. The number of amides is 1. The first-order valence-corrected chi connectivity index (χ1v) is 9.81. The molecule has 2 aromatic rings. The van der Waals surface area contributed by atoms with Gasteiger partial charge < -0.3 is 15.0 Å². The van der Waals surface area contributed by atoms with Gasteiger partial charge in [0.05, 0.1) is 7.11 Å². The summed E-state index contributed by atoms with van der Waals surface area (Å²) in [6.45, 7) is 5.85. The monoisotopic (exact) mass is 385 g/mol. The van der Waals surface area contributed by atoms with E-state index >= 15 is 0 Å². The Morgan fingerprint density at radius 1 is 1.07 bits per heavy atom. The SMILES string of the molecule is COc1ccc(C(=O)NCCCCN2CCN(c3ccccc3)CC2)cc1F. The fourth-order valence-electron chi connectivity index (χ4n) is 3.44. The number of nitrogens with one attached hydrogen (secondary N) is 1. The number of benzene rings is 2. The minimum atomic E-state index is -0.523. The highest BCUT2D eigenvalue weighted by molar-refractivity contribution is 5.94. The number of nitrogens with zero attached hydrogens (tertiary/aromatic N) is 2. The van der Waals surface area contributed by atoms with Crippen LogP contribution in [0, 0.1) is 5.82 Å². The number of piperazine rings is 1. The van der Waals surface area contributed by atoms with Crippen molar-refractivity contribution in [1.82, 2.24) is 10.2 Å². The second-order valence-corrected chi connectivity index (χ2v) is 6.98. The van der Waals surface area contributed by atoms with Crippen molar-refractivity contribution < 1.29 is 13.9 Å². The van der Waals surface area contributed by atoms with Crippen molar-refractivity contribution in [2.24, 2.45) is 0 Å². The predicted octanol–water partition coefficient (Wildman–Crippen LogP) is 3.17. The molecule has 3 rings (SSSR count). The number of rotatable bonds is 8. The highest BCUT2D eigenvalue weighted by Crippen LogP contribution is 2.18. The lowest BCUT2D eigenvalue weighted by Crippen LogP contribution is -2.46. The summed E-state index contributed by atoms with van der Waals surface area (Å²) in [5.74, 6) is -0.633. The van der Waals surface area contributed by atoms with Crippen LogP contribution in [0.5, 0.6) is 5.75 Å². The fourth-order valence-corrected chi connectivity index (χ4v) is 3.44. The van der Waals surface area contributed by atoms with Crippen molar-refractivity contribution in [2.75, 3.05) is 51.3 Å². The first-order chi connectivity index (χ1) is 13.7. The van der Waals surface area contributed by atoms with E-state index in [9.17, 15) is 9.18 Å². The van der Waals surface area contributed by atoms with Gasteiger partial charge in [0.25, 0.3) is 5.91 Å². The van der Waals surface area contributed by atoms with Gasteiger partial charge in [-0.3, -0.25) is 9.69 Å². The van der Waals surface area contributed by atoms with E-state index in [2.05, 4.69) is 39.4 Å². The maximum absolute atomic E-state index is 13.7. The Kier molecular flexibility index (Phi) is 7.25. The molecular weight excluding hydrogens is 357 g/mol. The molecule has 1 aliphatic rings. The minimum absolute atomic E-state index is 0.143. The van der Waals surface area contributed by atoms with E-state index in [1.807, 2.05) is 6.07 Å². The lowest BCUT2D eigenvalue weighted by molar-refractivity contribution is 0.0952. The van der Waals surface area contributed by atoms with Crippen LogP contribution in [0.1, 0.15) is 23.2 Å². The van der Waals surface area contributed by atoms with E-state index in [0.717, 1.165) is 45.6 Å². The zero-order chi connectivity index (χ0) is 19.8. The Hall–Kier alpha value is -2.60. The predicted molar refractivity (Wildman–Crippen MR) is 110 cm³/mol. The lowest BCUT2D eigenvalue weighted by atomic mass is 10.2. The van der Waals surface area contributed by atoms with E-state index in [1.54, 1.807) is 6.07 Å². The normalized spacial score (nSPS) is 14.7. The molecule has 0 atom stereocenters. The molecular formula is C22H28FN3O2. The first kappa shape index (κ1) is 20.1. The Labute approximate surface area is 166 Å². The fraction of sp³-hybridized carbons (Fsp3) is 0.409. The minimum Gasteiger partial charge on any atom is -0.494 e. The van der Waals surface area contributed by atoms with Crippen molar-refractivity contribution in [3.8, 4) is 5.75 Å². The largest absolute Gasteiger partial charge is 0.494 e. The van der Waals surface area contributed by atoms with Gasteiger partial charge in [0, 0.05) is 44.0 Å². The maximum Gasteiger partial charge on any atom is 0.251 e. The summed E-state index contributed by atoms with van der Waals surface area (Å²) in [6, 6.07) is 14.8. The number of anilines is 1. The number of para-hydroxylation sites is 1. The number of methoxy groups -OCH3 is 1. The smallest absolute Gasteiger partial charge is 0.251 e. The summed E-state index contributed by atoms with van der Waals surface area (Å²) in [5, 5.41) is 2.86. The van der Waals surface area contributed by atoms with Gasteiger partial charge in [-0.1, -0.05) is 18.2 Å².